The van der Waals surface area contributed by atoms with Gasteiger partial charge in [0.15, 0.2) is 11.5 Å². The number of rotatable bonds is 1. The molecule has 21 heavy (non-hydrogen) atoms. The van der Waals surface area contributed by atoms with Crippen LogP contribution in [0.25, 0.3) is 22.0 Å². The standard InChI is InChI=1S/C15H10ClN3O2/c16-9-1-2-10(12(17)4-9)15-11-5-14-13(20-7-21-14)3-8(11)6-18-19-15/h1-6H,7,17H2. The van der Waals surface area contributed by atoms with Gasteiger partial charge in [-0.1, -0.05) is 11.6 Å². The normalized spacial score (nSPS) is 12.8. The molecule has 0 atom stereocenters. The summed E-state index contributed by atoms with van der Waals surface area (Å²) < 4.78 is 10.8. The van der Waals surface area contributed by atoms with Crippen molar-refractivity contribution < 1.29 is 9.47 Å². The molecule has 3 aromatic rings. The Balaban J connectivity index is 2.00. The minimum absolute atomic E-state index is 0.227. The molecule has 1 aliphatic rings. The topological polar surface area (TPSA) is 70.3 Å². The van der Waals surface area contributed by atoms with Gasteiger partial charge in [0.2, 0.25) is 6.79 Å². The molecule has 2 N–H and O–H groups in total. The SMILES string of the molecule is Nc1cc(Cl)ccc1-c1nncc2cc3c(cc12)OCO3. The average molecular weight is 300 g/mol. The van der Waals surface area contributed by atoms with Crippen LogP contribution in [-0.4, -0.2) is 17.0 Å². The highest BCUT2D eigenvalue weighted by Crippen LogP contribution is 2.39. The molecule has 0 spiro atoms. The van der Waals surface area contributed by atoms with Crippen LogP contribution in [0.2, 0.25) is 5.02 Å². The van der Waals surface area contributed by atoms with Gasteiger partial charge in [-0.15, -0.1) is 5.10 Å². The lowest BCUT2D eigenvalue weighted by molar-refractivity contribution is 0.174. The number of nitrogens with zero attached hydrogens (tertiary/aromatic N) is 2. The summed E-state index contributed by atoms with van der Waals surface area (Å²) >= 11 is 5.95. The van der Waals surface area contributed by atoms with Crippen LogP contribution in [-0.2, 0) is 0 Å². The number of nitrogen functional groups attached to an aromatic ring is 1. The van der Waals surface area contributed by atoms with Crippen LogP contribution < -0.4 is 15.2 Å². The smallest absolute Gasteiger partial charge is 0.231 e. The lowest BCUT2D eigenvalue weighted by Gasteiger charge is -2.08. The molecular weight excluding hydrogens is 290 g/mol. The third kappa shape index (κ3) is 1.94. The first-order valence-corrected chi connectivity index (χ1v) is 6.70. The fourth-order valence-corrected chi connectivity index (χ4v) is 2.60. The third-order valence-electron chi connectivity index (χ3n) is 3.42. The average Bonchev–Trinajstić information content (AvgIpc) is 2.92. The van der Waals surface area contributed by atoms with Crippen LogP contribution in [0.5, 0.6) is 11.5 Å². The molecule has 0 saturated heterocycles. The molecule has 0 bridgehead atoms. The second-order valence-electron chi connectivity index (χ2n) is 4.72. The number of anilines is 1. The molecule has 4 rings (SSSR count). The van der Waals surface area contributed by atoms with Crippen LogP contribution >= 0.6 is 11.6 Å². The largest absolute Gasteiger partial charge is 0.454 e. The first kappa shape index (κ1) is 12.2. The molecule has 104 valence electrons. The predicted octanol–water partition coefficient (Wildman–Crippen LogP) is 3.26. The van der Waals surface area contributed by atoms with Gasteiger partial charge >= 0.3 is 0 Å². The zero-order valence-corrected chi connectivity index (χ0v) is 11.6. The number of ether oxygens (including phenoxy) is 2. The summed E-state index contributed by atoms with van der Waals surface area (Å²) in [5.74, 6) is 1.41. The van der Waals surface area contributed by atoms with E-state index in [4.69, 9.17) is 26.8 Å². The number of fused-ring (bicyclic) bond motifs is 2. The Kier molecular flexibility index (Phi) is 2.62. The van der Waals surface area contributed by atoms with Crippen molar-refractivity contribution in [1.29, 1.82) is 0 Å². The predicted molar refractivity (Wildman–Crippen MR) is 80.5 cm³/mol. The van der Waals surface area contributed by atoms with Crippen molar-refractivity contribution in [2.45, 2.75) is 0 Å². The summed E-state index contributed by atoms with van der Waals surface area (Å²) in [5, 5.41) is 10.7. The van der Waals surface area contributed by atoms with Crippen LogP contribution in [0.15, 0.2) is 36.5 Å². The molecule has 0 radical (unpaired) electrons. The highest BCUT2D eigenvalue weighted by Gasteiger charge is 2.17. The third-order valence-corrected chi connectivity index (χ3v) is 3.66. The lowest BCUT2D eigenvalue weighted by atomic mass is 10.0. The maximum Gasteiger partial charge on any atom is 0.231 e. The molecule has 0 unspecified atom stereocenters. The van der Waals surface area contributed by atoms with E-state index in [0.717, 1.165) is 16.3 Å². The Morgan fingerprint density at radius 1 is 1.10 bits per heavy atom. The maximum absolute atomic E-state index is 6.05. The molecule has 2 aromatic carbocycles. The van der Waals surface area contributed by atoms with Crippen molar-refractivity contribution in [2.75, 3.05) is 12.5 Å². The van der Waals surface area contributed by atoms with Gasteiger partial charge in [-0.3, -0.25) is 0 Å². The summed E-state index contributed by atoms with van der Waals surface area (Å²) in [6.45, 7) is 0.227. The monoisotopic (exact) mass is 299 g/mol. The number of halogens is 1. The van der Waals surface area contributed by atoms with E-state index in [2.05, 4.69) is 10.2 Å². The van der Waals surface area contributed by atoms with E-state index in [0.29, 0.717) is 27.9 Å². The van der Waals surface area contributed by atoms with Gasteiger partial charge < -0.3 is 15.2 Å². The van der Waals surface area contributed by atoms with E-state index in [1.54, 1.807) is 18.3 Å². The summed E-state index contributed by atoms with van der Waals surface area (Å²) in [4.78, 5) is 0. The Morgan fingerprint density at radius 2 is 1.90 bits per heavy atom. The number of benzene rings is 2. The Morgan fingerprint density at radius 3 is 2.71 bits per heavy atom. The second-order valence-corrected chi connectivity index (χ2v) is 5.15. The summed E-state index contributed by atoms with van der Waals surface area (Å²) in [7, 11) is 0. The van der Waals surface area contributed by atoms with Crippen molar-refractivity contribution in [3.05, 3.63) is 41.6 Å². The maximum atomic E-state index is 6.05. The molecular formula is C15H10ClN3O2. The zero-order valence-electron chi connectivity index (χ0n) is 10.8. The van der Waals surface area contributed by atoms with Gasteiger partial charge in [0.1, 0.15) is 5.69 Å². The van der Waals surface area contributed by atoms with E-state index in [1.165, 1.54) is 0 Å². The van der Waals surface area contributed by atoms with Gasteiger partial charge in [-0.2, -0.15) is 5.10 Å². The highest BCUT2D eigenvalue weighted by molar-refractivity contribution is 6.31. The number of nitrogens with two attached hydrogens (primary N) is 1. The summed E-state index contributed by atoms with van der Waals surface area (Å²) in [6.07, 6.45) is 1.69. The lowest BCUT2D eigenvalue weighted by Crippen LogP contribution is -1.95. The van der Waals surface area contributed by atoms with Crippen LogP contribution in [0.3, 0.4) is 0 Å². The molecule has 1 aliphatic heterocycles. The van der Waals surface area contributed by atoms with Crippen LogP contribution in [0.4, 0.5) is 5.69 Å². The number of hydrogen-bond donors (Lipinski definition) is 1. The molecule has 2 heterocycles. The minimum Gasteiger partial charge on any atom is -0.454 e. The van der Waals surface area contributed by atoms with Crippen molar-refractivity contribution in [3.8, 4) is 22.8 Å². The van der Waals surface area contributed by atoms with Crippen molar-refractivity contribution in [3.63, 3.8) is 0 Å². The van der Waals surface area contributed by atoms with Crippen LogP contribution in [0.1, 0.15) is 0 Å². The summed E-state index contributed by atoms with van der Waals surface area (Å²) in [6, 6.07) is 9.11. The molecule has 5 nitrogen and oxygen atoms in total. The van der Waals surface area contributed by atoms with E-state index >= 15 is 0 Å². The fourth-order valence-electron chi connectivity index (χ4n) is 2.42. The first-order valence-electron chi connectivity index (χ1n) is 6.33. The van der Waals surface area contributed by atoms with Crippen molar-refractivity contribution in [1.82, 2.24) is 10.2 Å². The van der Waals surface area contributed by atoms with Gasteiger partial charge in [0.25, 0.3) is 0 Å². The quantitative estimate of drug-likeness (QED) is 0.698. The van der Waals surface area contributed by atoms with E-state index in [-0.39, 0.29) is 6.79 Å². The Bertz CT molecular complexity index is 867. The first-order chi connectivity index (χ1) is 10.2. The molecule has 0 amide bonds. The second kappa shape index (κ2) is 4.49. The number of hydrogen-bond acceptors (Lipinski definition) is 5. The summed E-state index contributed by atoms with van der Waals surface area (Å²) in [5.41, 5.74) is 8.09. The molecule has 1 aromatic heterocycles. The highest BCUT2D eigenvalue weighted by atomic mass is 35.5. The van der Waals surface area contributed by atoms with E-state index in [9.17, 15) is 0 Å². The van der Waals surface area contributed by atoms with Crippen molar-refractivity contribution in [2.24, 2.45) is 0 Å². The Labute approximate surface area is 125 Å². The van der Waals surface area contributed by atoms with Crippen LogP contribution in [0, 0.1) is 0 Å². The molecule has 0 aliphatic carbocycles. The van der Waals surface area contributed by atoms with E-state index < -0.39 is 0 Å². The molecule has 6 heteroatoms. The van der Waals surface area contributed by atoms with Gasteiger partial charge in [0, 0.05) is 27.0 Å². The van der Waals surface area contributed by atoms with Gasteiger partial charge in [-0.25, -0.2) is 0 Å². The fraction of sp³-hybridized carbons (Fsp3) is 0.0667. The molecule has 0 saturated carbocycles. The van der Waals surface area contributed by atoms with Gasteiger partial charge in [0.05, 0.1) is 6.20 Å². The van der Waals surface area contributed by atoms with Gasteiger partial charge in [-0.05, 0) is 30.3 Å². The van der Waals surface area contributed by atoms with Crippen molar-refractivity contribution >= 4 is 28.1 Å². The zero-order chi connectivity index (χ0) is 14.4. The Hall–Kier alpha value is -2.53. The minimum atomic E-state index is 0.227. The van der Waals surface area contributed by atoms with E-state index in [1.807, 2.05) is 18.2 Å². The molecule has 0 fully saturated rings. The number of aromatic nitrogens is 2.